The van der Waals surface area contributed by atoms with E-state index in [9.17, 15) is 9.59 Å². The van der Waals surface area contributed by atoms with E-state index < -0.39 is 11.9 Å². The minimum Gasteiger partial charge on any atom is -0.370 e. The van der Waals surface area contributed by atoms with Gasteiger partial charge in [0.05, 0.1) is 6.04 Å². The molecule has 5 nitrogen and oxygen atoms in total. The minimum absolute atomic E-state index is 0.150. The average molecular weight is 328 g/mol. The fourth-order valence-electron chi connectivity index (χ4n) is 2.75. The monoisotopic (exact) mass is 327 g/mol. The molecule has 5 N–H and O–H groups in total. The van der Waals surface area contributed by atoms with Gasteiger partial charge in [0.2, 0.25) is 11.8 Å². The largest absolute Gasteiger partial charge is 0.370 e. The molecule has 0 saturated carbocycles. The molecule has 0 saturated heterocycles. The third kappa shape index (κ3) is 11.1. The highest BCUT2D eigenvalue weighted by Gasteiger charge is 2.27. The molecule has 0 aromatic rings. The van der Waals surface area contributed by atoms with E-state index in [1.807, 2.05) is 0 Å². The predicted molar refractivity (Wildman–Crippen MR) is 95.9 cm³/mol. The second-order valence-electron chi connectivity index (χ2n) is 6.93. The predicted octanol–water partition coefficient (Wildman–Crippen LogP) is 3.00. The van der Waals surface area contributed by atoms with Crippen molar-refractivity contribution < 1.29 is 9.59 Å². The second kappa shape index (κ2) is 12.3. The molecule has 0 aromatic heterocycles. The Morgan fingerprint density at radius 2 is 1.57 bits per heavy atom. The summed E-state index contributed by atoms with van der Waals surface area (Å²) in [7, 11) is 0. The maximum atomic E-state index is 12.3. The molecule has 0 rings (SSSR count). The summed E-state index contributed by atoms with van der Waals surface area (Å²) in [5, 5.41) is 3.13. The van der Waals surface area contributed by atoms with Gasteiger partial charge < -0.3 is 16.8 Å². The topological polar surface area (TPSA) is 98.2 Å². The van der Waals surface area contributed by atoms with Crippen LogP contribution in [0.1, 0.15) is 91.4 Å². The quantitative estimate of drug-likeness (QED) is 0.428. The summed E-state index contributed by atoms with van der Waals surface area (Å²) in [5.41, 5.74) is 10.8. The first-order chi connectivity index (χ1) is 10.8. The number of unbranched alkanes of at least 4 members (excludes halogenated alkanes) is 5. The van der Waals surface area contributed by atoms with E-state index in [2.05, 4.69) is 26.1 Å². The molecule has 2 atom stereocenters. The van der Waals surface area contributed by atoms with Gasteiger partial charge in [0.1, 0.15) is 0 Å². The molecule has 136 valence electrons. The van der Waals surface area contributed by atoms with Gasteiger partial charge in [-0.2, -0.15) is 0 Å². The number of hydrogen-bond donors (Lipinski definition) is 3. The van der Waals surface area contributed by atoms with Crippen LogP contribution in [-0.2, 0) is 9.59 Å². The van der Waals surface area contributed by atoms with Crippen LogP contribution in [0.4, 0.5) is 0 Å². The number of primary amides is 1. The van der Waals surface area contributed by atoms with E-state index in [-0.39, 0.29) is 17.9 Å². The Kier molecular flexibility index (Phi) is 11.7. The van der Waals surface area contributed by atoms with Crippen molar-refractivity contribution in [3.8, 4) is 0 Å². The van der Waals surface area contributed by atoms with Crippen LogP contribution >= 0.6 is 0 Å². The van der Waals surface area contributed by atoms with Crippen molar-refractivity contribution in [3.05, 3.63) is 0 Å². The van der Waals surface area contributed by atoms with Gasteiger partial charge in [0.15, 0.2) is 0 Å². The smallest absolute Gasteiger partial charge is 0.237 e. The number of nitrogens with two attached hydrogens (primary N) is 2. The third-order valence-electron chi connectivity index (χ3n) is 4.38. The summed E-state index contributed by atoms with van der Waals surface area (Å²) in [6.45, 7) is 6.47. The zero-order chi connectivity index (χ0) is 17.7. The maximum absolute atomic E-state index is 12.3. The highest BCUT2D eigenvalue weighted by molar-refractivity contribution is 5.83. The zero-order valence-corrected chi connectivity index (χ0v) is 15.3. The van der Waals surface area contributed by atoms with Crippen molar-refractivity contribution in [1.82, 2.24) is 5.32 Å². The molecule has 0 aliphatic carbocycles. The highest BCUT2D eigenvalue weighted by Crippen LogP contribution is 2.22. The number of rotatable bonds is 14. The normalized spacial score (nSPS) is 15.0. The number of carbonyl (C=O) groups is 2. The molecule has 2 amide bonds. The van der Waals surface area contributed by atoms with Gasteiger partial charge in [-0.25, -0.2) is 0 Å². The Bertz CT molecular complexity index is 347. The van der Waals surface area contributed by atoms with Crippen molar-refractivity contribution in [1.29, 1.82) is 0 Å². The molecule has 0 radical (unpaired) electrons. The Balaban J connectivity index is 4.43. The molecular formula is C18H37N3O2. The van der Waals surface area contributed by atoms with Crippen molar-refractivity contribution in [2.75, 3.05) is 0 Å². The van der Waals surface area contributed by atoms with Crippen LogP contribution in [0.3, 0.4) is 0 Å². The molecule has 0 aromatic carbocycles. The molecule has 23 heavy (non-hydrogen) atoms. The molecule has 2 unspecified atom stereocenters. The summed E-state index contributed by atoms with van der Waals surface area (Å²) >= 11 is 0. The first-order valence-corrected chi connectivity index (χ1v) is 9.20. The first-order valence-electron chi connectivity index (χ1n) is 9.20. The van der Waals surface area contributed by atoms with E-state index in [4.69, 9.17) is 11.5 Å². The fourth-order valence-corrected chi connectivity index (χ4v) is 2.75. The number of hydrogen-bond acceptors (Lipinski definition) is 3. The second-order valence-corrected chi connectivity index (χ2v) is 6.93. The molecule has 0 bridgehead atoms. The van der Waals surface area contributed by atoms with E-state index >= 15 is 0 Å². The van der Waals surface area contributed by atoms with Gasteiger partial charge in [0.25, 0.3) is 0 Å². The van der Waals surface area contributed by atoms with Crippen LogP contribution in [0.25, 0.3) is 0 Å². The van der Waals surface area contributed by atoms with Crippen LogP contribution in [-0.4, -0.2) is 23.4 Å². The van der Waals surface area contributed by atoms with Gasteiger partial charge in [0, 0.05) is 12.0 Å². The first kappa shape index (κ1) is 21.9. The Hall–Kier alpha value is -1.10. The third-order valence-corrected chi connectivity index (χ3v) is 4.38. The molecule has 0 heterocycles. The van der Waals surface area contributed by atoms with Gasteiger partial charge in [-0.1, -0.05) is 58.8 Å². The van der Waals surface area contributed by atoms with Crippen LogP contribution in [0.15, 0.2) is 0 Å². The Morgan fingerprint density at radius 1 is 1.00 bits per heavy atom. The highest BCUT2D eigenvalue weighted by atomic mass is 16.2. The summed E-state index contributed by atoms with van der Waals surface area (Å²) in [6, 6.07) is -0.663. The molecule has 0 aliphatic heterocycles. The number of carbonyl (C=O) groups excluding carboxylic acids is 2. The van der Waals surface area contributed by atoms with Crippen LogP contribution < -0.4 is 16.8 Å². The lowest BCUT2D eigenvalue weighted by molar-refractivity contribution is -0.124. The molecule has 0 aliphatic rings. The lowest BCUT2D eigenvalue weighted by Gasteiger charge is -2.32. The summed E-state index contributed by atoms with van der Waals surface area (Å²) in [6.07, 6.45) is 10.7. The van der Waals surface area contributed by atoms with Gasteiger partial charge >= 0.3 is 0 Å². The number of nitrogens with one attached hydrogen (secondary N) is 1. The van der Waals surface area contributed by atoms with Crippen molar-refractivity contribution in [2.45, 2.75) is 103 Å². The Labute approximate surface area is 141 Å². The summed E-state index contributed by atoms with van der Waals surface area (Å²) in [4.78, 5) is 23.1. The fraction of sp³-hybridized carbons (Fsp3) is 0.889. The number of amides is 2. The molecule has 5 heteroatoms. The summed E-state index contributed by atoms with van der Waals surface area (Å²) in [5.74, 6) is -0.587. The standard InChI is InChI=1S/C18H37N3O2/c1-4-6-8-9-10-14-18(3,13-7-5-2)21-17(23)15(19)11-12-16(20)22/h15H,4-14,19H2,1-3H3,(H2,20,22)(H,21,23). The Morgan fingerprint density at radius 3 is 2.13 bits per heavy atom. The van der Waals surface area contributed by atoms with E-state index in [1.165, 1.54) is 25.7 Å². The van der Waals surface area contributed by atoms with Gasteiger partial charge in [-0.3, -0.25) is 9.59 Å². The van der Waals surface area contributed by atoms with Crippen LogP contribution in [0.5, 0.6) is 0 Å². The van der Waals surface area contributed by atoms with Gasteiger partial charge in [-0.05, 0) is 26.2 Å². The maximum Gasteiger partial charge on any atom is 0.237 e. The van der Waals surface area contributed by atoms with Gasteiger partial charge in [-0.15, -0.1) is 0 Å². The van der Waals surface area contributed by atoms with E-state index in [1.54, 1.807) is 0 Å². The molecule has 0 fully saturated rings. The molecule has 0 spiro atoms. The lowest BCUT2D eigenvalue weighted by atomic mass is 9.88. The zero-order valence-electron chi connectivity index (χ0n) is 15.3. The van der Waals surface area contributed by atoms with E-state index in [0.29, 0.717) is 6.42 Å². The minimum atomic E-state index is -0.663. The van der Waals surface area contributed by atoms with Crippen LogP contribution in [0, 0.1) is 0 Å². The SMILES string of the molecule is CCCCCCCC(C)(CCCC)NC(=O)C(N)CCC(N)=O. The average Bonchev–Trinajstić information content (AvgIpc) is 2.50. The van der Waals surface area contributed by atoms with Crippen LogP contribution in [0.2, 0.25) is 0 Å². The van der Waals surface area contributed by atoms with Crippen molar-refractivity contribution in [2.24, 2.45) is 11.5 Å². The summed E-state index contributed by atoms with van der Waals surface area (Å²) < 4.78 is 0. The van der Waals surface area contributed by atoms with Crippen molar-refractivity contribution in [3.63, 3.8) is 0 Å². The van der Waals surface area contributed by atoms with E-state index in [0.717, 1.165) is 32.1 Å². The lowest BCUT2D eigenvalue weighted by Crippen LogP contribution is -2.52. The molecular weight excluding hydrogens is 290 g/mol. The van der Waals surface area contributed by atoms with Crippen molar-refractivity contribution >= 4 is 11.8 Å².